The summed E-state index contributed by atoms with van der Waals surface area (Å²) in [6.07, 6.45) is -31.7. The molecule has 25 atom stereocenters. The molecule has 25 unspecified atom stereocenters. The SMILES string of the molecule is CCC(c1ccccc1)C1NC(=O)CNC(=O)C(CO)NC(=O)C(C(O)C2CNC(=N)N2C2OC(CO)C(O)C(O)C2O)NC(=O)C(C(O)C2CNC(=N)N2)NC(=O)C(Cc2ccc(OC3OC(CO)C(OC4OC(CO)C(O)C(O)C4O)C(O)C3O)cc2)NC1=O. The van der Waals surface area contributed by atoms with Crippen LogP contribution in [-0.4, -0.2) is 316 Å². The summed E-state index contributed by atoms with van der Waals surface area (Å²) in [6.45, 7) is -3.74. The molecule has 6 amide bonds. The van der Waals surface area contributed by atoms with Crippen LogP contribution >= 0.6 is 0 Å². The average molecular weight is 1310 g/mol. The second-order valence-electron chi connectivity index (χ2n) is 22.8. The van der Waals surface area contributed by atoms with Gasteiger partial charge in [0, 0.05) is 25.4 Å². The van der Waals surface area contributed by atoms with Gasteiger partial charge in [-0.25, -0.2) is 0 Å². The highest BCUT2D eigenvalue weighted by Gasteiger charge is 2.54. The predicted octanol–water partition coefficient (Wildman–Crippen LogP) is -12.8. The minimum absolute atomic E-state index is 0.0765. The highest BCUT2D eigenvalue weighted by atomic mass is 16.7. The summed E-state index contributed by atoms with van der Waals surface area (Å²) in [4.78, 5) is 88.3. The Morgan fingerprint density at radius 1 is 0.554 bits per heavy atom. The number of amides is 6. The lowest BCUT2D eigenvalue weighted by molar-refractivity contribution is -0.352. The number of hydrogen-bond acceptors (Lipinski definition) is 27. The molecule has 6 saturated heterocycles. The molecule has 6 aliphatic heterocycles. The van der Waals surface area contributed by atoms with Gasteiger partial charge < -0.3 is 148 Å². The molecular formula is C55H80N12O25. The van der Waals surface area contributed by atoms with Crippen LogP contribution in [0.5, 0.6) is 5.75 Å². The third-order valence-corrected chi connectivity index (χ3v) is 16.8. The summed E-state index contributed by atoms with van der Waals surface area (Å²) >= 11 is 0. The van der Waals surface area contributed by atoms with Crippen molar-refractivity contribution in [3.63, 3.8) is 0 Å². The Hall–Kier alpha value is -7.12. The van der Waals surface area contributed by atoms with Crippen LogP contribution in [0.2, 0.25) is 0 Å². The van der Waals surface area contributed by atoms with E-state index in [2.05, 4.69) is 47.9 Å². The van der Waals surface area contributed by atoms with E-state index in [1.54, 1.807) is 37.3 Å². The van der Waals surface area contributed by atoms with Crippen molar-refractivity contribution in [2.24, 2.45) is 0 Å². The minimum Gasteiger partial charge on any atom is -0.462 e. The van der Waals surface area contributed by atoms with Gasteiger partial charge in [-0.2, -0.15) is 0 Å². The third kappa shape index (κ3) is 15.7. The van der Waals surface area contributed by atoms with Gasteiger partial charge in [0.05, 0.1) is 45.1 Å². The molecular weight excluding hydrogens is 1230 g/mol. The zero-order chi connectivity index (χ0) is 67.0. The van der Waals surface area contributed by atoms with Crippen molar-refractivity contribution in [1.29, 1.82) is 10.8 Å². The van der Waals surface area contributed by atoms with E-state index < -0.39 is 240 Å². The van der Waals surface area contributed by atoms with E-state index in [4.69, 9.17) is 34.5 Å². The van der Waals surface area contributed by atoms with Crippen molar-refractivity contribution in [3.05, 3.63) is 65.7 Å². The molecule has 6 fully saturated rings. The Morgan fingerprint density at radius 3 is 1.75 bits per heavy atom. The molecule has 37 heteroatoms. The number of hydrogen-bond donors (Lipinski definition) is 25. The first kappa shape index (κ1) is 70.7. The van der Waals surface area contributed by atoms with Crippen LogP contribution in [0.15, 0.2) is 54.6 Å². The van der Waals surface area contributed by atoms with Gasteiger partial charge in [-0.1, -0.05) is 49.4 Å². The van der Waals surface area contributed by atoms with Crippen molar-refractivity contribution in [2.75, 3.05) is 46.1 Å². The number of guanidine groups is 2. The average Bonchev–Trinajstić information content (AvgIpc) is 1.44. The first-order valence-electron chi connectivity index (χ1n) is 29.5. The summed E-state index contributed by atoms with van der Waals surface area (Å²) < 4.78 is 28.3. The minimum atomic E-state index is -2.36. The van der Waals surface area contributed by atoms with Gasteiger partial charge in [-0.3, -0.25) is 39.6 Å². The maximum absolute atomic E-state index is 15.2. The fourth-order valence-electron chi connectivity index (χ4n) is 11.6. The van der Waals surface area contributed by atoms with Gasteiger partial charge in [0.1, 0.15) is 121 Å². The molecule has 92 heavy (non-hydrogen) atoms. The van der Waals surface area contributed by atoms with Crippen molar-refractivity contribution in [3.8, 4) is 5.75 Å². The molecule has 0 aromatic heterocycles. The quantitative estimate of drug-likeness (QED) is 0.0659. The molecule has 6 aliphatic rings. The number of benzene rings is 2. The van der Waals surface area contributed by atoms with E-state index in [1.807, 2.05) is 0 Å². The Balaban J connectivity index is 1.12. The largest absolute Gasteiger partial charge is 0.462 e. The van der Waals surface area contributed by atoms with Gasteiger partial charge in [-0.15, -0.1) is 0 Å². The fraction of sp³-hybridized carbons (Fsp3) is 0.636. The van der Waals surface area contributed by atoms with Crippen LogP contribution in [0.4, 0.5) is 0 Å². The van der Waals surface area contributed by atoms with Crippen LogP contribution in [-0.2, 0) is 54.1 Å². The van der Waals surface area contributed by atoms with Crippen LogP contribution in [0.25, 0.3) is 0 Å². The van der Waals surface area contributed by atoms with Crippen LogP contribution in [0.3, 0.4) is 0 Å². The first-order valence-corrected chi connectivity index (χ1v) is 29.5. The topological polar surface area (TPSA) is 591 Å². The Labute approximate surface area is 523 Å². The number of nitrogens with zero attached hydrogens (tertiary/aromatic N) is 1. The van der Waals surface area contributed by atoms with E-state index in [1.165, 1.54) is 24.3 Å². The summed E-state index contributed by atoms with van der Waals surface area (Å²) in [5, 5.41) is 190. The van der Waals surface area contributed by atoms with Crippen LogP contribution in [0.1, 0.15) is 30.4 Å². The monoisotopic (exact) mass is 1310 g/mol. The molecule has 25 N–H and O–H groups in total. The van der Waals surface area contributed by atoms with E-state index in [0.717, 1.165) is 4.90 Å². The number of ether oxygens (including phenoxy) is 5. The summed E-state index contributed by atoms with van der Waals surface area (Å²) in [7, 11) is 0. The molecule has 0 spiro atoms. The lowest BCUT2D eigenvalue weighted by Gasteiger charge is -2.46. The fourth-order valence-corrected chi connectivity index (χ4v) is 11.6. The number of carbonyl (C=O) groups excluding carboxylic acids is 6. The second-order valence-corrected chi connectivity index (χ2v) is 22.8. The van der Waals surface area contributed by atoms with E-state index >= 15 is 9.59 Å². The molecule has 2 aromatic carbocycles. The lowest BCUT2D eigenvalue weighted by Crippen LogP contribution is -2.69. The standard InChI is InChI=1S/C55H80N12O25/c1-2-23(21-6-4-3-5-7-21)32-48(85)61-24(12-20-8-10-22(11-9-20)88-52-44(82)41(79)45(30(19-71)91-52)92-53-43(81)40(78)38(76)29(18-70)90-53)47(84)65-33(35(73)25-13-59-54(56)63-25)50(87)66-34(49(86)62-26(16-68)46(83)58-15-31(72)64-32)36(74)27-14-60-55(57)67(27)51-42(80)39(77)37(75)28(17-69)89-51/h3-11,23-30,32-45,51-53,68-71,73-82H,2,12-19H2,1H3,(H2,57,60)(H,58,83)(H,61,85)(H,62,86)(H,64,72)(H,65,84)(H,66,87)(H3,56,59,63). The van der Waals surface area contributed by atoms with Gasteiger partial charge in [0.15, 0.2) is 24.4 Å². The predicted molar refractivity (Wildman–Crippen MR) is 306 cm³/mol. The highest BCUT2D eigenvalue weighted by Crippen LogP contribution is 2.32. The van der Waals surface area contributed by atoms with Crippen molar-refractivity contribution >= 4 is 47.4 Å². The maximum Gasteiger partial charge on any atom is 0.246 e. The lowest BCUT2D eigenvalue weighted by atomic mass is 9.88. The van der Waals surface area contributed by atoms with Crippen molar-refractivity contribution < 1.29 is 124 Å². The number of rotatable bonds is 18. The summed E-state index contributed by atoms with van der Waals surface area (Å²) in [5.41, 5.74) is 0.740. The first-order chi connectivity index (χ1) is 43.8. The van der Waals surface area contributed by atoms with Gasteiger partial charge >= 0.3 is 0 Å². The number of aliphatic hydroxyl groups excluding tert-OH is 14. The maximum atomic E-state index is 15.2. The molecule has 2 aromatic rings. The Kier molecular flexibility index (Phi) is 24.0. The van der Waals surface area contributed by atoms with Gasteiger partial charge in [-0.05, 0) is 29.7 Å². The Morgan fingerprint density at radius 2 is 1.13 bits per heavy atom. The van der Waals surface area contributed by atoms with E-state index in [0.29, 0.717) is 5.56 Å². The molecule has 8 rings (SSSR count). The normalized spacial score (nSPS) is 37.3. The van der Waals surface area contributed by atoms with E-state index in [-0.39, 0.29) is 30.2 Å². The highest BCUT2D eigenvalue weighted by molar-refractivity contribution is 5.98. The number of aliphatic hydroxyl groups is 14. The van der Waals surface area contributed by atoms with Crippen LogP contribution in [0, 0.1) is 10.8 Å². The van der Waals surface area contributed by atoms with Gasteiger partial charge in [0.25, 0.3) is 0 Å². The summed E-state index contributed by atoms with van der Waals surface area (Å²) in [6, 6.07) is 0.859. The number of nitrogens with one attached hydrogen (secondary N) is 11. The zero-order valence-electron chi connectivity index (χ0n) is 49.2. The molecule has 0 aliphatic carbocycles. The molecule has 0 radical (unpaired) electrons. The molecule has 6 heterocycles. The van der Waals surface area contributed by atoms with E-state index in [9.17, 15) is 90.7 Å². The third-order valence-electron chi connectivity index (χ3n) is 16.8. The van der Waals surface area contributed by atoms with Gasteiger partial charge in [0.2, 0.25) is 41.7 Å². The van der Waals surface area contributed by atoms with Crippen molar-refractivity contribution in [2.45, 2.75) is 172 Å². The molecule has 37 nitrogen and oxygen atoms in total. The zero-order valence-corrected chi connectivity index (χ0v) is 49.2. The molecule has 0 bridgehead atoms. The molecule has 0 saturated carbocycles. The summed E-state index contributed by atoms with van der Waals surface area (Å²) in [5.74, 6) is -9.22. The second kappa shape index (κ2) is 31.2. The smallest absolute Gasteiger partial charge is 0.246 e. The van der Waals surface area contributed by atoms with Crippen molar-refractivity contribution in [1.82, 2.24) is 52.8 Å². The molecule has 510 valence electrons. The Bertz CT molecular complexity index is 2890. The number of carbonyl (C=O) groups is 6. The van der Waals surface area contributed by atoms with Crippen LogP contribution < -0.4 is 52.6 Å².